The highest BCUT2D eigenvalue weighted by Gasteiger charge is 2.33. The summed E-state index contributed by atoms with van der Waals surface area (Å²) in [5, 5.41) is 27.4. The number of aliphatic hydroxyl groups excluding tert-OH is 3. The van der Waals surface area contributed by atoms with Gasteiger partial charge >= 0.3 is 0 Å². The molecule has 106 valence electrons. The lowest BCUT2D eigenvalue weighted by Crippen LogP contribution is -2.36. The minimum Gasteiger partial charge on any atom is -0.393 e. The van der Waals surface area contributed by atoms with Crippen LogP contribution in [0.5, 0.6) is 0 Å². The molecule has 1 aliphatic rings. The lowest BCUT2D eigenvalue weighted by atomic mass is 9.78. The number of hydrogen-bond donors (Lipinski definition) is 3. The summed E-state index contributed by atoms with van der Waals surface area (Å²) in [5.74, 6) is 1.13. The molecule has 0 bridgehead atoms. The van der Waals surface area contributed by atoms with Crippen LogP contribution in [0.1, 0.15) is 39.5 Å². The summed E-state index contributed by atoms with van der Waals surface area (Å²) in [7, 11) is 0. The summed E-state index contributed by atoms with van der Waals surface area (Å²) in [6, 6.07) is 0. The normalized spacial score (nSPS) is 31.9. The Bertz CT molecular complexity index is 272. The fraction of sp³-hybridized carbons (Fsp3) is 0.923. The van der Waals surface area contributed by atoms with Crippen molar-refractivity contribution in [1.29, 1.82) is 0 Å². The Morgan fingerprint density at radius 3 is 2.61 bits per heavy atom. The third kappa shape index (κ3) is 4.23. The first-order chi connectivity index (χ1) is 8.49. The van der Waals surface area contributed by atoms with Crippen LogP contribution in [0.4, 0.5) is 0 Å². The van der Waals surface area contributed by atoms with E-state index in [0.717, 1.165) is 37.4 Å². The SMILES string of the molecule is CCC(C)C1CCC(SC(=O)C(O)CO)C(O)C1. The summed E-state index contributed by atoms with van der Waals surface area (Å²) in [6.45, 7) is 3.80. The maximum absolute atomic E-state index is 11.5. The molecule has 5 atom stereocenters. The molecule has 0 saturated heterocycles. The summed E-state index contributed by atoms with van der Waals surface area (Å²) in [6.07, 6.45) is 1.84. The molecule has 1 rings (SSSR count). The maximum atomic E-state index is 11.5. The van der Waals surface area contributed by atoms with Crippen LogP contribution >= 0.6 is 11.8 Å². The third-order valence-corrected chi connectivity index (χ3v) is 5.31. The molecule has 0 aliphatic heterocycles. The van der Waals surface area contributed by atoms with E-state index in [4.69, 9.17) is 5.11 Å². The van der Waals surface area contributed by atoms with Gasteiger partial charge in [0.2, 0.25) is 5.12 Å². The smallest absolute Gasteiger partial charge is 0.220 e. The molecule has 0 aromatic rings. The highest BCUT2D eigenvalue weighted by molar-refractivity contribution is 8.14. The molecule has 1 aliphatic carbocycles. The van der Waals surface area contributed by atoms with E-state index in [1.807, 2.05) is 0 Å². The Morgan fingerprint density at radius 1 is 1.44 bits per heavy atom. The molecule has 0 heterocycles. The minimum absolute atomic E-state index is 0.140. The van der Waals surface area contributed by atoms with Gasteiger partial charge in [0, 0.05) is 5.25 Å². The van der Waals surface area contributed by atoms with Crippen molar-refractivity contribution >= 4 is 16.9 Å². The van der Waals surface area contributed by atoms with E-state index < -0.39 is 23.9 Å². The van der Waals surface area contributed by atoms with Gasteiger partial charge < -0.3 is 15.3 Å². The molecule has 0 aromatic heterocycles. The second-order valence-corrected chi connectivity index (χ2v) is 6.44. The zero-order valence-corrected chi connectivity index (χ0v) is 11.9. The van der Waals surface area contributed by atoms with Gasteiger partial charge in [-0.1, -0.05) is 32.0 Å². The van der Waals surface area contributed by atoms with E-state index in [9.17, 15) is 15.0 Å². The molecule has 18 heavy (non-hydrogen) atoms. The fourth-order valence-electron chi connectivity index (χ4n) is 2.44. The Kier molecular flexibility index (Phi) is 6.63. The summed E-state index contributed by atoms with van der Waals surface area (Å²) >= 11 is 0.984. The summed E-state index contributed by atoms with van der Waals surface area (Å²) in [5.41, 5.74) is 0. The monoisotopic (exact) mass is 276 g/mol. The van der Waals surface area contributed by atoms with Crippen LogP contribution < -0.4 is 0 Å². The van der Waals surface area contributed by atoms with Crippen LogP contribution in [0, 0.1) is 11.8 Å². The first kappa shape index (κ1) is 16.0. The van der Waals surface area contributed by atoms with E-state index in [2.05, 4.69) is 13.8 Å². The quantitative estimate of drug-likeness (QED) is 0.703. The number of hydrogen-bond acceptors (Lipinski definition) is 5. The Hall–Kier alpha value is -0.100. The minimum atomic E-state index is -1.32. The highest BCUT2D eigenvalue weighted by Crippen LogP contribution is 2.37. The van der Waals surface area contributed by atoms with E-state index in [1.54, 1.807) is 0 Å². The zero-order chi connectivity index (χ0) is 13.7. The predicted molar refractivity (Wildman–Crippen MR) is 72.3 cm³/mol. The highest BCUT2D eigenvalue weighted by atomic mass is 32.2. The molecular weight excluding hydrogens is 252 g/mol. The zero-order valence-electron chi connectivity index (χ0n) is 11.1. The van der Waals surface area contributed by atoms with Gasteiger partial charge in [0.25, 0.3) is 0 Å². The van der Waals surface area contributed by atoms with E-state index >= 15 is 0 Å². The van der Waals surface area contributed by atoms with Gasteiger partial charge in [-0.2, -0.15) is 0 Å². The van der Waals surface area contributed by atoms with Crippen molar-refractivity contribution in [2.24, 2.45) is 11.8 Å². The van der Waals surface area contributed by atoms with E-state index in [1.165, 1.54) is 0 Å². The summed E-state index contributed by atoms with van der Waals surface area (Å²) in [4.78, 5) is 11.5. The van der Waals surface area contributed by atoms with Gasteiger partial charge in [0.15, 0.2) is 0 Å². The van der Waals surface area contributed by atoms with E-state index in [0.29, 0.717) is 11.8 Å². The number of rotatable bonds is 5. The lowest BCUT2D eigenvalue weighted by Gasteiger charge is -2.35. The van der Waals surface area contributed by atoms with Gasteiger partial charge in [-0.3, -0.25) is 4.79 Å². The predicted octanol–water partition coefficient (Wildman–Crippen LogP) is 1.18. The van der Waals surface area contributed by atoms with E-state index in [-0.39, 0.29) is 5.25 Å². The molecule has 0 radical (unpaired) electrons. The average Bonchev–Trinajstić information content (AvgIpc) is 2.38. The van der Waals surface area contributed by atoms with Crippen LogP contribution in [-0.2, 0) is 4.79 Å². The van der Waals surface area contributed by atoms with Crippen LogP contribution in [-0.4, -0.2) is 44.5 Å². The van der Waals surface area contributed by atoms with Gasteiger partial charge in [0.1, 0.15) is 6.10 Å². The molecule has 4 nitrogen and oxygen atoms in total. The molecule has 0 aromatic carbocycles. The number of carbonyl (C=O) groups excluding carboxylic acids is 1. The average molecular weight is 276 g/mol. The van der Waals surface area contributed by atoms with Crippen molar-refractivity contribution in [2.45, 2.75) is 57.0 Å². The number of carbonyl (C=O) groups is 1. The largest absolute Gasteiger partial charge is 0.393 e. The molecule has 0 amide bonds. The molecule has 3 N–H and O–H groups in total. The number of thioether (sulfide) groups is 1. The molecule has 5 unspecified atom stereocenters. The van der Waals surface area contributed by atoms with Gasteiger partial charge in [-0.05, 0) is 31.1 Å². The maximum Gasteiger partial charge on any atom is 0.220 e. The van der Waals surface area contributed by atoms with Crippen molar-refractivity contribution < 1.29 is 20.1 Å². The molecule has 1 saturated carbocycles. The van der Waals surface area contributed by atoms with Crippen LogP contribution in [0.3, 0.4) is 0 Å². The second-order valence-electron chi connectivity index (χ2n) is 5.20. The van der Waals surface area contributed by atoms with Crippen molar-refractivity contribution in [3.05, 3.63) is 0 Å². The standard InChI is InChI=1S/C13H24O4S/c1-3-8(2)9-4-5-12(10(15)6-9)18-13(17)11(16)7-14/h8-12,14-16H,3-7H2,1-2H3. The number of aliphatic hydroxyl groups is 3. The van der Waals surface area contributed by atoms with Gasteiger partial charge in [0.05, 0.1) is 12.7 Å². The molecule has 0 spiro atoms. The van der Waals surface area contributed by atoms with Crippen molar-refractivity contribution in [3.8, 4) is 0 Å². The summed E-state index contributed by atoms with van der Waals surface area (Å²) < 4.78 is 0. The Labute approximate surface area is 113 Å². The van der Waals surface area contributed by atoms with Crippen LogP contribution in [0.2, 0.25) is 0 Å². The molecule has 5 heteroatoms. The van der Waals surface area contributed by atoms with Gasteiger partial charge in [-0.15, -0.1) is 0 Å². The first-order valence-electron chi connectivity index (χ1n) is 6.67. The van der Waals surface area contributed by atoms with Crippen molar-refractivity contribution in [3.63, 3.8) is 0 Å². The molecular formula is C13H24O4S. The van der Waals surface area contributed by atoms with Gasteiger partial charge in [-0.25, -0.2) is 0 Å². The topological polar surface area (TPSA) is 77.8 Å². The fourth-order valence-corrected chi connectivity index (χ4v) is 3.49. The van der Waals surface area contributed by atoms with Crippen LogP contribution in [0.15, 0.2) is 0 Å². The lowest BCUT2D eigenvalue weighted by molar-refractivity contribution is -0.120. The first-order valence-corrected chi connectivity index (χ1v) is 7.55. The van der Waals surface area contributed by atoms with Crippen molar-refractivity contribution in [1.82, 2.24) is 0 Å². The Balaban J connectivity index is 2.45. The third-order valence-electron chi connectivity index (χ3n) is 3.96. The second kappa shape index (κ2) is 7.48. The molecule has 1 fully saturated rings. The van der Waals surface area contributed by atoms with Crippen LogP contribution in [0.25, 0.3) is 0 Å². The van der Waals surface area contributed by atoms with Crippen molar-refractivity contribution in [2.75, 3.05) is 6.61 Å². The Morgan fingerprint density at radius 2 is 2.11 bits per heavy atom.